The lowest BCUT2D eigenvalue weighted by atomic mass is 10.0. The lowest BCUT2D eigenvalue weighted by Gasteiger charge is -2.28. The summed E-state index contributed by atoms with van der Waals surface area (Å²) in [5.41, 5.74) is 8.27. The molecule has 4 heteroatoms. The Morgan fingerprint density at radius 2 is 1.80 bits per heavy atom. The van der Waals surface area contributed by atoms with Crippen molar-refractivity contribution in [2.24, 2.45) is 5.73 Å². The predicted molar refractivity (Wildman–Crippen MR) is 88.9 cm³/mol. The summed E-state index contributed by atoms with van der Waals surface area (Å²) < 4.78 is 1.11. The van der Waals surface area contributed by atoms with Crippen molar-refractivity contribution in [2.45, 2.75) is 12.6 Å². The van der Waals surface area contributed by atoms with E-state index in [9.17, 15) is 0 Å². The molecule has 0 aliphatic heterocycles. The molecule has 0 heterocycles. The number of nitrogens with zero attached hydrogens (tertiary/aromatic N) is 1. The molecule has 1 unspecified atom stereocenters. The zero-order valence-electron chi connectivity index (χ0n) is 11.4. The third-order valence-electron chi connectivity index (χ3n) is 3.40. The summed E-state index contributed by atoms with van der Waals surface area (Å²) in [4.78, 5) is 2.22. The Bertz CT molecular complexity index is 574. The third-order valence-corrected chi connectivity index (χ3v) is 4.51. The number of likely N-dealkylation sites (N-methyl/N-ethyl adjacent to an activating group) is 1. The lowest BCUT2D eigenvalue weighted by Crippen LogP contribution is -2.30. The highest BCUT2D eigenvalue weighted by Crippen LogP contribution is 2.28. The van der Waals surface area contributed by atoms with Gasteiger partial charge in [-0.3, -0.25) is 4.90 Å². The van der Waals surface area contributed by atoms with Gasteiger partial charge in [0.05, 0.1) is 0 Å². The molecule has 0 saturated heterocycles. The van der Waals surface area contributed by atoms with E-state index >= 15 is 0 Å². The molecule has 0 amide bonds. The van der Waals surface area contributed by atoms with Crippen LogP contribution >= 0.6 is 27.5 Å². The van der Waals surface area contributed by atoms with Gasteiger partial charge in [0.15, 0.2) is 0 Å². The van der Waals surface area contributed by atoms with Gasteiger partial charge in [-0.25, -0.2) is 0 Å². The van der Waals surface area contributed by atoms with E-state index in [4.69, 9.17) is 17.3 Å². The zero-order chi connectivity index (χ0) is 14.5. The van der Waals surface area contributed by atoms with E-state index < -0.39 is 0 Å². The third kappa shape index (κ3) is 3.61. The topological polar surface area (TPSA) is 29.3 Å². The molecule has 0 saturated carbocycles. The van der Waals surface area contributed by atoms with Crippen molar-refractivity contribution >= 4 is 27.5 Å². The summed E-state index contributed by atoms with van der Waals surface area (Å²) in [5, 5.41) is 0.766. The summed E-state index contributed by atoms with van der Waals surface area (Å²) >= 11 is 9.87. The van der Waals surface area contributed by atoms with Gasteiger partial charge in [0.2, 0.25) is 0 Å². The van der Waals surface area contributed by atoms with Crippen molar-refractivity contribution < 1.29 is 0 Å². The van der Waals surface area contributed by atoms with Crippen molar-refractivity contribution in [3.8, 4) is 0 Å². The smallest absolute Gasteiger partial charge is 0.0485 e. The molecular weight excluding hydrogens is 336 g/mol. The second-order valence-electron chi connectivity index (χ2n) is 4.78. The molecule has 0 aliphatic rings. The Balaban J connectivity index is 2.20. The Labute approximate surface area is 133 Å². The lowest BCUT2D eigenvalue weighted by molar-refractivity contribution is 0.241. The fraction of sp³-hybridized carbons (Fsp3) is 0.250. The number of benzene rings is 2. The van der Waals surface area contributed by atoms with Crippen molar-refractivity contribution in [1.29, 1.82) is 0 Å². The van der Waals surface area contributed by atoms with Crippen LogP contribution in [0.4, 0.5) is 0 Å². The van der Waals surface area contributed by atoms with E-state index in [-0.39, 0.29) is 6.04 Å². The number of halogens is 2. The average Bonchev–Trinajstić information content (AvgIpc) is 2.44. The van der Waals surface area contributed by atoms with Gasteiger partial charge >= 0.3 is 0 Å². The van der Waals surface area contributed by atoms with Gasteiger partial charge in [-0.15, -0.1) is 0 Å². The summed E-state index contributed by atoms with van der Waals surface area (Å²) in [6.07, 6.45) is 0. The molecule has 0 bridgehead atoms. The monoisotopic (exact) mass is 352 g/mol. The van der Waals surface area contributed by atoms with E-state index in [1.165, 1.54) is 5.56 Å². The molecule has 0 fully saturated rings. The fourth-order valence-electron chi connectivity index (χ4n) is 2.30. The van der Waals surface area contributed by atoms with E-state index in [1.807, 2.05) is 36.4 Å². The summed E-state index contributed by atoms with van der Waals surface area (Å²) in [6, 6.07) is 16.2. The Morgan fingerprint density at radius 3 is 2.45 bits per heavy atom. The minimum atomic E-state index is 0.107. The quantitative estimate of drug-likeness (QED) is 0.871. The Kier molecular flexibility index (Phi) is 5.61. The molecule has 106 valence electrons. The standard InChI is InChI=1S/C16H18BrClN2/c1-20(11-12-6-2-4-8-14(12)17)16(10-19)13-7-3-5-9-15(13)18/h2-9,16H,10-11,19H2,1H3. The number of rotatable bonds is 5. The second kappa shape index (κ2) is 7.23. The molecule has 0 radical (unpaired) electrons. The van der Waals surface area contributed by atoms with Crippen LogP contribution in [0.1, 0.15) is 17.2 Å². The van der Waals surface area contributed by atoms with Gasteiger partial charge in [-0.1, -0.05) is 63.9 Å². The van der Waals surface area contributed by atoms with Crippen LogP contribution in [0, 0.1) is 0 Å². The minimum absolute atomic E-state index is 0.107. The highest BCUT2D eigenvalue weighted by atomic mass is 79.9. The molecular formula is C16H18BrClN2. The van der Waals surface area contributed by atoms with Crippen LogP contribution in [0.25, 0.3) is 0 Å². The van der Waals surface area contributed by atoms with Gasteiger partial charge < -0.3 is 5.73 Å². The van der Waals surface area contributed by atoms with E-state index in [0.29, 0.717) is 6.54 Å². The molecule has 2 N–H and O–H groups in total. The minimum Gasteiger partial charge on any atom is -0.329 e. The van der Waals surface area contributed by atoms with Crippen molar-refractivity contribution in [3.05, 3.63) is 69.2 Å². The van der Waals surface area contributed by atoms with Crippen molar-refractivity contribution in [2.75, 3.05) is 13.6 Å². The SMILES string of the molecule is CN(Cc1ccccc1Br)C(CN)c1ccccc1Cl. The molecule has 2 rings (SSSR count). The predicted octanol–water partition coefficient (Wildman–Crippen LogP) is 4.23. The average molecular weight is 354 g/mol. The molecule has 0 spiro atoms. The number of nitrogens with two attached hydrogens (primary N) is 1. The maximum Gasteiger partial charge on any atom is 0.0485 e. The highest BCUT2D eigenvalue weighted by Gasteiger charge is 2.18. The van der Waals surface area contributed by atoms with Gasteiger partial charge in [-0.05, 0) is 30.3 Å². The van der Waals surface area contributed by atoms with Gasteiger partial charge in [0.25, 0.3) is 0 Å². The molecule has 1 atom stereocenters. The van der Waals surface area contributed by atoms with Crippen molar-refractivity contribution in [1.82, 2.24) is 4.90 Å². The van der Waals surface area contributed by atoms with Crippen LogP contribution in [0.3, 0.4) is 0 Å². The number of hydrogen-bond acceptors (Lipinski definition) is 2. The Morgan fingerprint density at radius 1 is 1.15 bits per heavy atom. The van der Waals surface area contributed by atoms with Gasteiger partial charge in [-0.2, -0.15) is 0 Å². The fourth-order valence-corrected chi connectivity index (χ4v) is 2.97. The van der Waals surface area contributed by atoms with Crippen LogP contribution in [-0.2, 0) is 6.54 Å². The zero-order valence-corrected chi connectivity index (χ0v) is 13.7. The first-order chi connectivity index (χ1) is 9.63. The van der Waals surface area contributed by atoms with E-state index in [2.05, 4.69) is 40.0 Å². The normalized spacial score (nSPS) is 12.7. The van der Waals surface area contributed by atoms with E-state index in [0.717, 1.165) is 21.6 Å². The largest absolute Gasteiger partial charge is 0.329 e. The maximum atomic E-state index is 6.28. The van der Waals surface area contributed by atoms with E-state index in [1.54, 1.807) is 0 Å². The highest BCUT2D eigenvalue weighted by molar-refractivity contribution is 9.10. The van der Waals surface area contributed by atoms with Crippen LogP contribution in [0.2, 0.25) is 5.02 Å². The first-order valence-corrected chi connectivity index (χ1v) is 7.68. The molecule has 0 aliphatic carbocycles. The maximum absolute atomic E-state index is 6.28. The van der Waals surface area contributed by atoms with Gasteiger partial charge in [0.1, 0.15) is 0 Å². The molecule has 2 aromatic carbocycles. The van der Waals surface area contributed by atoms with Crippen LogP contribution < -0.4 is 5.73 Å². The second-order valence-corrected chi connectivity index (χ2v) is 6.04. The molecule has 20 heavy (non-hydrogen) atoms. The van der Waals surface area contributed by atoms with Crippen LogP contribution in [0.15, 0.2) is 53.0 Å². The molecule has 2 nitrogen and oxygen atoms in total. The first-order valence-electron chi connectivity index (χ1n) is 6.51. The molecule has 0 aromatic heterocycles. The van der Waals surface area contributed by atoms with Crippen molar-refractivity contribution in [3.63, 3.8) is 0 Å². The summed E-state index contributed by atoms with van der Waals surface area (Å²) in [5.74, 6) is 0. The van der Waals surface area contributed by atoms with Crippen LogP contribution in [0.5, 0.6) is 0 Å². The Hall–Kier alpha value is -0.870. The molecule has 2 aromatic rings. The summed E-state index contributed by atoms with van der Waals surface area (Å²) in [6.45, 7) is 1.35. The van der Waals surface area contributed by atoms with Crippen LogP contribution in [-0.4, -0.2) is 18.5 Å². The first kappa shape index (κ1) is 15.5. The van der Waals surface area contributed by atoms with Gasteiger partial charge in [0, 0.05) is 28.6 Å². The number of hydrogen-bond donors (Lipinski definition) is 1. The summed E-state index contributed by atoms with van der Waals surface area (Å²) in [7, 11) is 2.07.